The summed E-state index contributed by atoms with van der Waals surface area (Å²) in [6.07, 6.45) is 1.50. The first kappa shape index (κ1) is 13.0. The molecule has 0 aromatic carbocycles. The van der Waals surface area contributed by atoms with Crippen molar-refractivity contribution < 1.29 is 4.79 Å². The molecule has 0 bridgehead atoms. The average molecular weight is 273 g/mol. The van der Waals surface area contributed by atoms with Gasteiger partial charge in [-0.2, -0.15) is 5.21 Å². The highest BCUT2D eigenvalue weighted by atomic mass is 16.1. The van der Waals surface area contributed by atoms with E-state index in [2.05, 4.69) is 39.0 Å². The number of tetrazole rings is 1. The lowest BCUT2D eigenvalue weighted by Gasteiger charge is -2.30. The van der Waals surface area contributed by atoms with Gasteiger partial charge in [-0.3, -0.25) is 4.79 Å². The Morgan fingerprint density at radius 2 is 2.15 bits per heavy atom. The summed E-state index contributed by atoms with van der Waals surface area (Å²) in [6.45, 7) is 8.33. The minimum Gasteiger partial charge on any atom is -0.338 e. The Balaban J connectivity index is 2.12. The number of carbonyl (C=O) groups excluding carboxylic acids is 1. The molecule has 1 atom stereocenters. The molecule has 2 heterocycles. The normalized spacial score (nSPS) is 18.9. The van der Waals surface area contributed by atoms with E-state index < -0.39 is 0 Å². The molecule has 1 aliphatic carbocycles. The number of aromatic amines is 1. The van der Waals surface area contributed by atoms with Crippen LogP contribution in [-0.4, -0.2) is 31.0 Å². The highest BCUT2D eigenvalue weighted by Crippen LogP contribution is 2.37. The number of nitrogens with zero attached hydrogens (tertiary/aromatic N) is 4. The summed E-state index contributed by atoms with van der Waals surface area (Å²) in [6, 6.07) is 1.96. The van der Waals surface area contributed by atoms with Crippen LogP contribution in [0.25, 0.3) is 0 Å². The molecule has 0 fully saturated rings. The molecule has 6 heteroatoms. The number of ketones is 1. The second-order valence-corrected chi connectivity index (χ2v) is 6.40. The van der Waals surface area contributed by atoms with E-state index in [0.717, 1.165) is 23.4 Å². The first-order valence-electron chi connectivity index (χ1n) is 6.86. The maximum Gasteiger partial charge on any atom is 0.196 e. The first-order chi connectivity index (χ1) is 9.39. The minimum atomic E-state index is -0.0285. The van der Waals surface area contributed by atoms with Crippen LogP contribution in [0.5, 0.6) is 0 Å². The molecule has 20 heavy (non-hydrogen) atoms. The van der Waals surface area contributed by atoms with Crippen LogP contribution >= 0.6 is 0 Å². The van der Waals surface area contributed by atoms with Gasteiger partial charge in [0.1, 0.15) is 0 Å². The molecule has 0 radical (unpaired) electrons. The lowest BCUT2D eigenvalue weighted by Crippen LogP contribution is -2.29. The molecule has 1 aliphatic rings. The highest BCUT2D eigenvalue weighted by molar-refractivity contribution is 5.99. The van der Waals surface area contributed by atoms with E-state index in [-0.39, 0.29) is 17.2 Å². The van der Waals surface area contributed by atoms with Crippen molar-refractivity contribution in [2.75, 3.05) is 0 Å². The van der Waals surface area contributed by atoms with Crippen molar-refractivity contribution in [2.24, 2.45) is 5.41 Å². The van der Waals surface area contributed by atoms with Crippen LogP contribution in [0.2, 0.25) is 0 Å². The summed E-state index contributed by atoms with van der Waals surface area (Å²) in [5.41, 5.74) is 3.03. The molecule has 2 aromatic heterocycles. The van der Waals surface area contributed by atoms with Crippen molar-refractivity contribution in [3.63, 3.8) is 0 Å². The Hall–Kier alpha value is -1.98. The van der Waals surface area contributed by atoms with Crippen LogP contribution in [0.1, 0.15) is 60.8 Å². The maximum absolute atomic E-state index is 12.3. The standard InChI is InChI=1S/C14H19N5O/c1-8-5-10-11(6-14(3,4)7-12(10)20)19(8)9(2)13-15-17-18-16-13/h5,9H,6-7H2,1-4H3,(H,15,16,17,18). The van der Waals surface area contributed by atoms with Gasteiger partial charge in [-0.25, -0.2) is 0 Å². The molecule has 6 nitrogen and oxygen atoms in total. The fourth-order valence-corrected chi connectivity index (χ4v) is 3.17. The zero-order valence-electron chi connectivity index (χ0n) is 12.3. The lowest BCUT2D eigenvalue weighted by molar-refractivity contribution is 0.0909. The van der Waals surface area contributed by atoms with Crippen LogP contribution in [0.15, 0.2) is 6.07 Å². The van der Waals surface area contributed by atoms with Gasteiger partial charge >= 0.3 is 0 Å². The Kier molecular flexibility index (Phi) is 2.77. The average Bonchev–Trinajstić information content (AvgIpc) is 2.94. The van der Waals surface area contributed by atoms with Gasteiger partial charge in [-0.1, -0.05) is 19.1 Å². The van der Waals surface area contributed by atoms with Crippen molar-refractivity contribution >= 4 is 5.78 Å². The van der Waals surface area contributed by atoms with E-state index in [9.17, 15) is 4.79 Å². The molecule has 1 unspecified atom stereocenters. The molecule has 0 spiro atoms. The van der Waals surface area contributed by atoms with E-state index in [0.29, 0.717) is 12.2 Å². The fourth-order valence-electron chi connectivity index (χ4n) is 3.17. The fraction of sp³-hybridized carbons (Fsp3) is 0.571. The maximum atomic E-state index is 12.3. The summed E-state index contributed by atoms with van der Waals surface area (Å²) in [7, 11) is 0. The predicted molar refractivity (Wildman–Crippen MR) is 73.6 cm³/mol. The Labute approximate surface area is 117 Å². The Morgan fingerprint density at radius 1 is 1.40 bits per heavy atom. The molecular weight excluding hydrogens is 254 g/mol. The summed E-state index contributed by atoms with van der Waals surface area (Å²) in [5, 5.41) is 14.2. The topological polar surface area (TPSA) is 76.5 Å². The van der Waals surface area contributed by atoms with Crippen molar-refractivity contribution in [3.8, 4) is 0 Å². The van der Waals surface area contributed by atoms with Gasteiger partial charge in [0.15, 0.2) is 11.6 Å². The second kappa shape index (κ2) is 4.26. The van der Waals surface area contributed by atoms with E-state index in [1.165, 1.54) is 0 Å². The number of aromatic nitrogens is 5. The van der Waals surface area contributed by atoms with Crippen molar-refractivity contribution in [3.05, 3.63) is 28.8 Å². The Bertz CT molecular complexity index is 653. The summed E-state index contributed by atoms with van der Waals surface area (Å²) in [5.74, 6) is 0.876. The van der Waals surface area contributed by atoms with Gasteiger partial charge in [0.2, 0.25) is 0 Å². The first-order valence-corrected chi connectivity index (χ1v) is 6.86. The predicted octanol–water partition coefficient (Wildman–Crippen LogP) is 2.07. The minimum absolute atomic E-state index is 0.00357. The van der Waals surface area contributed by atoms with Crippen LogP contribution in [-0.2, 0) is 6.42 Å². The SMILES string of the molecule is Cc1cc2c(n1C(C)c1nn[nH]n1)CC(C)(C)CC2=O. The molecule has 1 N–H and O–H groups in total. The van der Waals surface area contributed by atoms with Crippen molar-refractivity contribution in [2.45, 2.75) is 46.6 Å². The third-order valence-corrected chi connectivity index (χ3v) is 4.04. The van der Waals surface area contributed by atoms with E-state index in [1.807, 2.05) is 19.9 Å². The monoisotopic (exact) mass is 273 g/mol. The number of aryl methyl sites for hydroxylation is 1. The second-order valence-electron chi connectivity index (χ2n) is 6.40. The number of nitrogens with one attached hydrogen (secondary N) is 1. The number of carbonyl (C=O) groups is 1. The largest absolute Gasteiger partial charge is 0.338 e. The van der Waals surface area contributed by atoms with E-state index >= 15 is 0 Å². The van der Waals surface area contributed by atoms with Gasteiger partial charge in [0.25, 0.3) is 0 Å². The summed E-state index contributed by atoms with van der Waals surface area (Å²) < 4.78 is 2.17. The molecular formula is C14H19N5O. The molecule has 2 aromatic rings. The van der Waals surface area contributed by atoms with Gasteiger partial charge in [-0.15, -0.1) is 10.2 Å². The van der Waals surface area contributed by atoms with Crippen LogP contribution in [0.4, 0.5) is 0 Å². The molecule has 0 amide bonds. The quantitative estimate of drug-likeness (QED) is 0.908. The molecule has 0 saturated heterocycles. The summed E-state index contributed by atoms with van der Waals surface area (Å²) in [4.78, 5) is 12.3. The number of fused-ring (bicyclic) bond motifs is 1. The smallest absolute Gasteiger partial charge is 0.196 e. The summed E-state index contributed by atoms with van der Waals surface area (Å²) >= 11 is 0. The zero-order chi connectivity index (χ0) is 14.5. The molecule has 0 aliphatic heterocycles. The lowest BCUT2D eigenvalue weighted by atomic mass is 9.76. The third-order valence-electron chi connectivity index (χ3n) is 4.04. The molecule has 3 rings (SSSR count). The number of Topliss-reactive ketones (excluding diaryl/α,β-unsaturated/α-hetero) is 1. The van der Waals surface area contributed by atoms with E-state index in [1.54, 1.807) is 0 Å². The van der Waals surface area contributed by atoms with E-state index in [4.69, 9.17) is 0 Å². The van der Waals surface area contributed by atoms with Gasteiger partial charge in [0, 0.05) is 23.4 Å². The molecule has 0 saturated carbocycles. The van der Waals surface area contributed by atoms with Crippen LogP contribution in [0.3, 0.4) is 0 Å². The highest BCUT2D eigenvalue weighted by Gasteiger charge is 2.35. The number of rotatable bonds is 2. The number of hydrogen-bond acceptors (Lipinski definition) is 4. The Morgan fingerprint density at radius 3 is 2.80 bits per heavy atom. The number of H-pyrrole nitrogens is 1. The zero-order valence-corrected chi connectivity index (χ0v) is 12.3. The van der Waals surface area contributed by atoms with Crippen molar-refractivity contribution in [1.29, 1.82) is 0 Å². The van der Waals surface area contributed by atoms with Gasteiger partial charge < -0.3 is 4.57 Å². The third kappa shape index (κ3) is 1.95. The van der Waals surface area contributed by atoms with Crippen LogP contribution < -0.4 is 0 Å². The number of hydrogen-bond donors (Lipinski definition) is 1. The van der Waals surface area contributed by atoms with Gasteiger partial charge in [0.05, 0.1) is 6.04 Å². The molecule has 106 valence electrons. The van der Waals surface area contributed by atoms with Crippen LogP contribution in [0, 0.1) is 12.3 Å². The van der Waals surface area contributed by atoms with Crippen molar-refractivity contribution in [1.82, 2.24) is 25.2 Å². The van der Waals surface area contributed by atoms with Gasteiger partial charge in [-0.05, 0) is 31.7 Å².